The Morgan fingerprint density at radius 1 is 1.22 bits per heavy atom. The lowest BCUT2D eigenvalue weighted by Gasteiger charge is -2.07. The molecule has 0 N–H and O–H groups in total. The number of nitro groups is 1. The normalized spacial score (nSPS) is 10.3. The summed E-state index contributed by atoms with van der Waals surface area (Å²) in [6.07, 6.45) is 3.15. The van der Waals surface area contributed by atoms with Gasteiger partial charge in [0.15, 0.2) is 5.43 Å². The van der Waals surface area contributed by atoms with Crippen LogP contribution in [0.3, 0.4) is 0 Å². The Morgan fingerprint density at radius 3 is 2.50 bits per heavy atom. The molecule has 2 rings (SSSR count). The van der Waals surface area contributed by atoms with Gasteiger partial charge in [-0.05, 0) is 12.1 Å². The molecule has 1 aromatic carbocycles. The van der Waals surface area contributed by atoms with E-state index in [4.69, 9.17) is 11.6 Å². The lowest BCUT2D eigenvalue weighted by atomic mass is 10.2. The summed E-state index contributed by atoms with van der Waals surface area (Å²) in [5.41, 5.74) is 0.404. The van der Waals surface area contributed by atoms with Crippen LogP contribution in [0.1, 0.15) is 5.56 Å². The molecule has 0 aliphatic heterocycles. The molecule has 0 aliphatic carbocycles. The number of nitrogens with zero attached hydrogens (tertiary/aromatic N) is 2. The van der Waals surface area contributed by atoms with Gasteiger partial charge >= 0.3 is 0 Å². The highest BCUT2D eigenvalue weighted by molar-refractivity contribution is 6.30. The maximum absolute atomic E-state index is 11.0. The molecule has 92 valence electrons. The van der Waals surface area contributed by atoms with Gasteiger partial charge < -0.3 is 4.57 Å². The molecule has 0 atom stereocenters. The number of halogens is 1. The van der Waals surface area contributed by atoms with Crippen molar-refractivity contribution in [3.63, 3.8) is 0 Å². The molecule has 0 saturated heterocycles. The number of rotatable bonds is 3. The van der Waals surface area contributed by atoms with Gasteiger partial charge in [-0.15, -0.1) is 0 Å². The summed E-state index contributed by atoms with van der Waals surface area (Å²) in [6.45, 7) is 0.289. The lowest BCUT2D eigenvalue weighted by Crippen LogP contribution is -2.06. The summed E-state index contributed by atoms with van der Waals surface area (Å²) in [6, 6.07) is 7.21. The van der Waals surface area contributed by atoms with Crippen LogP contribution in [0, 0.1) is 10.1 Å². The molecule has 0 unspecified atom stereocenters. The van der Waals surface area contributed by atoms with Crippen molar-refractivity contribution in [3.8, 4) is 0 Å². The third-order valence-electron chi connectivity index (χ3n) is 2.45. The van der Waals surface area contributed by atoms with Crippen molar-refractivity contribution in [1.29, 1.82) is 0 Å². The quantitative estimate of drug-likeness (QED) is 0.632. The van der Waals surface area contributed by atoms with E-state index in [1.807, 2.05) is 0 Å². The minimum absolute atomic E-state index is 0.0121. The zero-order valence-electron chi connectivity index (χ0n) is 9.25. The van der Waals surface area contributed by atoms with Crippen molar-refractivity contribution in [3.05, 3.63) is 73.6 Å². The molecule has 2 aromatic rings. The van der Waals surface area contributed by atoms with Gasteiger partial charge in [0.2, 0.25) is 0 Å². The highest BCUT2D eigenvalue weighted by atomic mass is 35.5. The Labute approximate surface area is 107 Å². The van der Waals surface area contributed by atoms with Crippen LogP contribution in [0.5, 0.6) is 0 Å². The van der Waals surface area contributed by atoms with Crippen molar-refractivity contribution in [2.24, 2.45) is 0 Å². The van der Waals surface area contributed by atoms with E-state index in [0.717, 1.165) is 0 Å². The van der Waals surface area contributed by atoms with Crippen LogP contribution in [0.2, 0.25) is 5.02 Å². The lowest BCUT2D eigenvalue weighted by molar-refractivity contribution is -0.385. The van der Waals surface area contributed by atoms with Gasteiger partial charge in [0.05, 0.1) is 17.0 Å². The summed E-state index contributed by atoms with van der Waals surface area (Å²) in [4.78, 5) is 21.4. The maximum atomic E-state index is 11.0. The molecule has 0 aliphatic rings. The molecule has 0 fully saturated rings. The highest BCUT2D eigenvalue weighted by Gasteiger charge is 2.13. The number of nitro benzene ring substituents is 1. The standard InChI is InChI=1S/C12H9ClN2O3/c13-10-1-2-12(15(17)18)9(7-10)8-14-5-3-11(16)4-6-14/h1-7H,8H2. The smallest absolute Gasteiger partial charge is 0.274 e. The van der Waals surface area contributed by atoms with E-state index in [1.165, 1.54) is 24.3 Å². The molecule has 0 bridgehead atoms. The highest BCUT2D eigenvalue weighted by Crippen LogP contribution is 2.23. The van der Waals surface area contributed by atoms with Gasteiger partial charge in [0.1, 0.15) is 0 Å². The second kappa shape index (κ2) is 5.01. The third-order valence-corrected chi connectivity index (χ3v) is 2.69. The van der Waals surface area contributed by atoms with E-state index in [9.17, 15) is 14.9 Å². The molecule has 0 amide bonds. The predicted molar refractivity (Wildman–Crippen MR) is 67.9 cm³/mol. The number of benzene rings is 1. The summed E-state index contributed by atoms with van der Waals surface area (Å²) in [5, 5.41) is 11.3. The second-order valence-electron chi connectivity index (χ2n) is 3.74. The largest absolute Gasteiger partial charge is 0.349 e. The van der Waals surface area contributed by atoms with E-state index in [0.29, 0.717) is 10.6 Å². The second-order valence-corrected chi connectivity index (χ2v) is 4.17. The van der Waals surface area contributed by atoms with Crippen molar-refractivity contribution >= 4 is 17.3 Å². The van der Waals surface area contributed by atoms with Crippen LogP contribution in [0.4, 0.5) is 5.69 Å². The topological polar surface area (TPSA) is 65.1 Å². The van der Waals surface area contributed by atoms with Crippen LogP contribution in [-0.4, -0.2) is 9.49 Å². The number of pyridine rings is 1. The summed E-state index contributed by atoms with van der Waals surface area (Å²) < 4.78 is 1.68. The first-order chi connectivity index (χ1) is 8.56. The Bertz CT molecular complexity index is 632. The Balaban J connectivity index is 2.38. The molecule has 0 saturated carbocycles. The Hall–Kier alpha value is -2.14. The number of hydrogen-bond acceptors (Lipinski definition) is 3. The SMILES string of the molecule is O=c1ccn(Cc2cc(Cl)ccc2[N+](=O)[O-])cc1. The molecule has 0 spiro atoms. The van der Waals surface area contributed by atoms with Gasteiger partial charge in [-0.25, -0.2) is 0 Å². The van der Waals surface area contributed by atoms with Crippen LogP contribution in [0.25, 0.3) is 0 Å². The van der Waals surface area contributed by atoms with Crippen LogP contribution in [-0.2, 0) is 6.54 Å². The van der Waals surface area contributed by atoms with E-state index < -0.39 is 4.92 Å². The van der Waals surface area contributed by atoms with Gasteiger partial charge in [0, 0.05) is 35.6 Å². The molecule has 5 nitrogen and oxygen atoms in total. The first-order valence-electron chi connectivity index (χ1n) is 5.15. The van der Waals surface area contributed by atoms with Gasteiger partial charge in [0.25, 0.3) is 5.69 Å². The minimum atomic E-state index is -0.450. The minimum Gasteiger partial charge on any atom is -0.349 e. The van der Waals surface area contributed by atoms with Gasteiger partial charge in [-0.1, -0.05) is 11.6 Å². The monoisotopic (exact) mass is 264 g/mol. The first kappa shape index (κ1) is 12.3. The van der Waals surface area contributed by atoms with Crippen molar-refractivity contribution in [2.45, 2.75) is 6.54 Å². The van der Waals surface area contributed by atoms with Crippen LogP contribution < -0.4 is 5.43 Å². The fraction of sp³-hybridized carbons (Fsp3) is 0.0833. The maximum Gasteiger partial charge on any atom is 0.274 e. The van der Waals surface area contributed by atoms with Crippen molar-refractivity contribution < 1.29 is 4.92 Å². The van der Waals surface area contributed by atoms with E-state index in [-0.39, 0.29) is 17.7 Å². The fourth-order valence-electron chi connectivity index (χ4n) is 1.60. The molecule has 0 radical (unpaired) electrons. The van der Waals surface area contributed by atoms with Crippen LogP contribution in [0.15, 0.2) is 47.5 Å². The first-order valence-corrected chi connectivity index (χ1v) is 5.53. The van der Waals surface area contributed by atoms with Crippen LogP contribution >= 0.6 is 11.6 Å². The predicted octanol–water partition coefficient (Wildman–Crippen LogP) is 2.46. The number of hydrogen-bond donors (Lipinski definition) is 0. The molecule has 1 heterocycles. The molecule has 18 heavy (non-hydrogen) atoms. The summed E-state index contributed by atoms with van der Waals surface area (Å²) in [5.74, 6) is 0. The third kappa shape index (κ3) is 2.75. The molecular weight excluding hydrogens is 256 g/mol. The van der Waals surface area contributed by atoms with Gasteiger partial charge in [-0.3, -0.25) is 14.9 Å². The summed E-state index contributed by atoms with van der Waals surface area (Å²) >= 11 is 5.83. The molecule has 6 heteroatoms. The van der Waals surface area contributed by atoms with E-state index in [2.05, 4.69) is 0 Å². The van der Waals surface area contributed by atoms with Crippen molar-refractivity contribution in [2.75, 3.05) is 0 Å². The van der Waals surface area contributed by atoms with Gasteiger partial charge in [-0.2, -0.15) is 0 Å². The van der Waals surface area contributed by atoms with E-state index in [1.54, 1.807) is 23.0 Å². The Kier molecular flexibility index (Phi) is 3.43. The average Bonchev–Trinajstić information content (AvgIpc) is 2.32. The fourth-order valence-corrected chi connectivity index (χ4v) is 1.80. The Morgan fingerprint density at radius 2 is 1.89 bits per heavy atom. The van der Waals surface area contributed by atoms with Crippen molar-refractivity contribution in [1.82, 2.24) is 4.57 Å². The number of aromatic nitrogens is 1. The summed E-state index contributed by atoms with van der Waals surface area (Å²) in [7, 11) is 0. The zero-order valence-corrected chi connectivity index (χ0v) is 10.0. The zero-order chi connectivity index (χ0) is 13.1. The molecule has 1 aromatic heterocycles. The molecular formula is C12H9ClN2O3. The average molecular weight is 265 g/mol. The van der Waals surface area contributed by atoms with E-state index >= 15 is 0 Å².